The molecule has 3 aromatic carbocycles. The summed E-state index contributed by atoms with van der Waals surface area (Å²) in [7, 11) is 4.77. The minimum atomic E-state index is -0.661. The molecule has 45 heavy (non-hydrogen) atoms. The number of ether oxygens (including phenoxy) is 5. The summed E-state index contributed by atoms with van der Waals surface area (Å²) in [5.41, 5.74) is 5.18. The van der Waals surface area contributed by atoms with Gasteiger partial charge in [0.1, 0.15) is 0 Å². The van der Waals surface area contributed by atoms with Crippen LogP contribution >= 0.6 is 15.9 Å². The zero-order valence-corrected chi connectivity index (χ0v) is 27.8. The molecule has 0 bridgehead atoms. The van der Waals surface area contributed by atoms with E-state index in [2.05, 4.69) is 21.2 Å². The highest BCUT2D eigenvalue weighted by Gasteiger charge is 2.42. The van der Waals surface area contributed by atoms with Crippen molar-refractivity contribution in [3.8, 4) is 23.0 Å². The monoisotopic (exact) mass is 675 g/mol. The molecule has 2 aliphatic rings. The molecule has 0 amide bonds. The molecule has 1 N–H and O–H groups in total. The summed E-state index contributed by atoms with van der Waals surface area (Å²) in [6.07, 6.45) is 1.44. The molecule has 0 saturated heterocycles. The number of esters is 1. The number of Topliss-reactive ketones (excluding diaryl/α,β-unsaturated/α-hetero) is 1. The predicted octanol–water partition coefficient (Wildman–Crippen LogP) is 7.02. The van der Waals surface area contributed by atoms with Crippen LogP contribution in [0, 0.1) is 0 Å². The lowest BCUT2D eigenvalue weighted by Gasteiger charge is -2.37. The summed E-state index contributed by atoms with van der Waals surface area (Å²) in [4.78, 5) is 28.0. The van der Waals surface area contributed by atoms with Crippen molar-refractivity contribution in [3.05, 3.63) is 104 Å². The molecule has 2 atom stereocenters. The molecule has 236 valence electrons. The van der Waals surface area contributed by atoms with Crippen LogP contribution in [0.15, 0.2) is 87.7 Å². The van der Waals surface area contributed by atoms with E-state index in [4.69, 9.17) is 23.7 Å². The average Bonchev–Trinajstić information content (AvgIpc) is 3.04. The Bertz CT molecular complexity index is 1650. The number of hydrogen-bond acceptors (Lipinski definition) is 8. The van der Waals surface area contributed by atoms with Gasteiger partial charge in [0.2, 0.25) is 0 Å². The topological polar surface area (TPSA) is 92.3 Å². The van der Waals surface area contributed by atoms with Crippen molar-refractivity contribution in [2.75, 3.05) is 34.5 Å². The lowest BCUT2D eigenvalue weighted by atomic mass is 9.71. The van der Waals surface area contributed by atoms with Gasteiger partial charge in [-0.1, -0.05) is 36.4 Å². The zero-order valence-electron chi connectivity index (χ0n) is 26.2. The Kier molecular flexibility index (Phi) is 10.2. The highest BCUT2D eigenvalue weighted by Crippen LogP contribution is 2.49. The first-order valence-corrected chi connectivity index (χ1v) is 15.8. The SMILES string of the molecule is CCOc1cc([C@@H]2C(C(=O)OCCc3ccccc3)=C(C)NC3=C2C(=O)C[C@H](c2ccc(OC)c(OC)c2)C3)cc(Br)c1OC. The van der Waals surface area contributed by atoms with Crippen molar-refractivity contribution in [2.45, 2.75) is 44.9 Å². The van der Waals surface area contributed by atoms with Crippen LogP contribution in [0.25, 0.3) is 0 Å². The molecule has 3 aromatic rings. The second-order valence-corrected chi connectivity index (χ2v) is 11.8. The maximum absolute atomic E-state index is 14.2. The molecule has 9 heteroatoms. The predicted molar refractivity (Wildman–Crippen MR) is 175 cm³/mol. The van der Waals surface area contributed by atoms with E-state index >= 15 is 0 Å². The van der Waals surface area contributed by atoms with Crippen LogP contribution in [0.2, 0.25) is 0 Å². The van der Waals surface area contributed by atoms with Gasteiger partial charge in [-0.15, -0.1) is 0 Å². The number of nitrogens with one attached hydrogen (secondary N) is 1. The third kappa shape index (κ3) is 6.73. The van der Waals surface area contributed by atoms with Gasteiger partial charge in [0, 0.05) is 35.7 Å². The fourth-order valence-corrected chi connectivity index (χ4v) is 6.81. The highest BCUT2D eigenvalue weighted by molar-refractivity contribution is 9.10. The molecule has 0 radical (unpaired) electrons. The van der Waals surface area contributed by atoms with Crippen LogP contribution in [0.3, 0.4) is 0 Å². The van der Waals surface area contributed by atoms with Gasteiger partial charge in [-0.2, -0.15) is 0 Å². The number of methoxy groups -OCH3 is 3. The van der Waals surface area contributed by atoms with E-state index in [0.717, 1.165) is 22.4 Å². The zero-order chi connectivity index (χ0) is 32.1. The summed E-state index contributed by atoms with van der Waals surface area (Å²) in [6.45, 7) is 4.38. The van der Waals surface area contributed by atoms with Crippen molar-refractivity contribution in [1.29, 1.82) is 0 Å². The van der Waals surface area contributed by atoms with Crippen molar-refractivity contribution in [2.24, 2.45) is 0 Å². The van der Waals surface area contributed by atoms with Gasteiger partial charge in [0.25, 0.3) is 0 Å². The number of ketones is 1. The molecule has 1 heterocycles. The van der Waals surface area contributed by atoms with E-state index in [1.165, 1.54) is 0 Å². The highest BCUT2D eigenvalue weighted by atomic mass is 79.9. The molecule has 1 aliphatic heterocycles. The Hall–Kier alpha value is -4.24. The number of halogens is 1. The fraction of sp³-hybridized carbons (Fsp3) is 0.333. The molecule has 5 rings (SSSR count). The number of dihydropyridines is 1. The number of carbonyl (C=O) groups is 2. The molecule has 0 unspecified atom stereocenters. The molecular formula is C36H38BrNO7. The van der Waals surface area contributed by atoms with Gasteiger partial charge >= 0.3 is 5.97 Å². The third-order valence-corrected chi connectivity index (χ3v) is 8.85. The summed E-state index contributed by atoms with van der Waals surface area (Å²) in [6, 6.07) is 19.4. The molecule has 8 nitrogen and oxygen atoms in total. The van der Waals surface area contributed by atoms with E-state index in [1.807, 2.05) is 74.5 Å². The lowest BCUT2D eigenvalue weighted by molar-refractivity contribution is -0.139. The van der Waals surface area contributed by atoms with E-state index in [0.29, 0.717) is 63.8 Å². The Morgan fingerprint density at radius 1 is 0.911 bits per heavy atom. The molecule has 0 spiro atoms. The van der Waals surface area contributed by atoms with E-state index in [-0.39, 0.29) is 24.7 Å². The van der Waals surface area contributed by atoms with Crippen LogP contribution in [0.1, 0.15) is 55.2 Å². The van der Waals surface area contributed by atoms with Crippen LogP contribution in [0.4, 0.5) is 0 Å². The number of rotatable bonds is 11. The van der Waals surface area contributed by atoms with Crippen LogP contribution < -0.4 is 24.3 Å². The van der Waals surface area contributed by atoms with Crippen molar-refractivity contribution < 1.29 is 33.3 Å². The Labute approximate surface area is 272 Å². The van der Waals surface area contributed by atoms with Gasteiger partial charge in [0.05, 0.1) is 44.6 Å². The van der Waals surface area contributed by atoms with Crippen LogP contribution in [-0.2, 0) is 20.7 Å². The first-order valence-electron chi connectivity index (χ1n) is 15.0. The van der Waals surface area contributed by atoms with Crippen molar-refractivity contribution in [1.82, 2.24) is 5.32 Å². The Morgan fingerprint density at radius 2 is 1.64 bits per heavy atom. The van der Waals surface area contributed by atoms with Crippen molar-refractivity contribution in [3.63, 3.8) is 0 Å². The van der Waals surface area contributed by atoms with Crippen LogP contribution in [-0.4, -0.2) is 46.3 Å². The fourth-order valence-electron chi connectivity index (χ4n) is 6.19. The average molecular weight is 677 g/mol. The quantitative estimate of drug-likeness (QED) is 0.217. The molecular weight excluding hydrogens is 638 g/mol. The maximum Gasteiger partial charge on any atom is 0.336 e. The Balaban J connectivity index is 1.54. The minimum Gasteiger partial charge on any atom is -0.493 e. The standard InChI is InChI=1S/C36H38BrNO7/c1-6-44-31-20-25(16-26(37)35(31)43-5)33-32(36(40)45-15-14-22-10-8-7-9-11-22)21(2)38-27-17-24(18-28(39)34(27)33)23-12-13-29(41-3)30(19-23)42-4/h7-13,16,19-20,24,33,38H,6,14-15,17-18H2,1-5H3/t24-,33-/m1/s1. The van der Waals surface area contributed by atoms with Gasteiger partial charge in [-0.05, 0) is 83.1 Å². The molecule has 0 fully saturated rings. The van der Waals surface area contributed by atoms with Gasteiger partial charge in [0.15, 0.2) is 28.8 Å². The summed E-state index contributed by atoms with van der Waals surface area (Å²) in [5.74, 6) is 1.05. The van der Waals surface area contributed by atoms with E-state index in [1.54, 1.807) is 21.3 Å². The van der Waals surface area contributed by atoms with Crippen molar-refractivity contribution >= 4 is 27.7 Å². The molecule has 1 aliphatic carbocycles. The van der Waals surface area contributed by atoms with Gasteiger partial charge < -0.3 is 29.0 Å². The number of hydrogen-bond donors (Lipinski definition) is 1. The Morgan fingerprint density at radius 3 is 2.33 bits per heavy atom. The first-order chi connectivity index (χ1) is 21.8. The second kappa shape index (κ2) is 14.2. The number of allylic oxidation sites excluding steroid dienone is 3. The second-order valence-electron chi connectivity index (χ2n) is 11.0. The number of carbonyl (C=O) groups excluding carboxylic acids is 2. The van der Waals surface area contributed by atoms with Gasteiger partial charge in [-0.25, -0.2) is 4.79 Å². The smallest absolute Gasteiger partial charge is 0.336 e. The summed E-state index contributed by atoms with van der Waals surface area (Å²) in [5, 5.41) is 3.43. The summed E-state index contributed by atoms with van der Waals surface area (Å²) >= 11 is 3.63. The minimum absolute atomic E-state index is 0.0412. The normalized spacial score (nSPS) is 17.8. The van der Waals surface area contributed by atoms with Gasteiger partial charge in [-0.3, -0.25) is 4.79 Å². The first kappa shape index (κ1) is 32.2. The molecule has 0 saturated carbocycles. The van der Waals surface area contributed by atoms with E-state index in [9.17, 15) is 9.59 Å². The molecule has 0 aromatic heterocycles. The van der Waals surface area contributed by atoms with E-state index < -0.39 is 11.9 Å². The lowest BCUT2D eigenvalue weighted by Crippen LogP contribution is -2.36. The maximum atomic E-state index is 14.2. The summed E-state index contributed by atoms with van der Waals surface area (Å²) < 4.78 is 29.0. The third-order valence-electron chi connectivity index (χ3n) is 8.26. The van der Waals surface area contributed by atoms with Crippen LogP contribution in [0.5, 0.6) is 23.0 Å². The number of benzene rings is 3. The largest absolute Gasteiger partial charge is 0.493 e.